The van der Waals surface area contributed by atoms with E-state index in [4.69, 9.17) is 0 Å². The van der Waals surface area contributed by atoms with Gasteiger partial charge in [0.2, 0.25) is 0 Å². The van der Waals surface area contributed by atoms with Crippen molar-refractivity contribution < 1.29 is 40.3 Å². The van der Waals surface area contributed by atoms with Crippen LogP contribution in [-0.2, 0) is 35.6 Å². The number of rotatable bonds is 13. The predicted octanol–water partition coefficient (Wildman–Crippen LogP) is 5.23. The summed E-state index contributed by atoms with van der Waals surface area (Å²) < 4.78 is 94.0. The maximum absolute atomic E-state index is 13.9. The van der Waals surface area contributed by atoms with E-state index in [0.717, 1.165) is 29.7 Å². The van der Waals surface area contributed by atoms with Crippen LogP contribution in [0.3, 0.4) is 0 Å². The molecule has 0 aliphatic heterocycles. The number of carbonyl (C=O) groups excluding carboxylic acids is 1. The van der Waals surface area contributed by atoms with Crippen molar-refractivity contribution in [3.8, 4) is 0 Å². The summed E-state index contributed by atoms with van der Waals surface area (Å²) in [5, 5.41) is 16.2. The van der Waals surface area contributed by atoms with Crippen molar-refractivity contribution in [3.63, 3.8) is 0 Å². The number of sulfonamides is 1. The SMILES string of the molecule is CCc1cccc(CNC[C@@H](O)[C@H](Cc2cc(F)cc(F)c2)NC(=O)c2cccc(NS(=O)(=O)c3ccc(C(F)(F)F)cn3)c2)c1. The Morgan fingerprint density at radius 3 is 2.26 bits per heavy atom. The zero-order valence-corrected chi connectivity index (χ0v) is 25.3. The Hall–Kier alpha value is -4.40. The monoisotopic (exact) mass is 662 g/mol. The largest absolute Gasteiger partial charge is 0.417 e. The van der Waals surface area contributed by atoms with Gasteiger partial charge in [-0.05, 0) is 72.0 Å². The Bertz CT molecular complexity index is 1750. The van der Waals surface area contributed by atoms with Crippen LogP contribution in [0.4, 0.5) is 27.6 Å². The number of aliphatic hydroxyl groups is 1. The molecule has 4 rings (SSSR count). The van der Waals surface area contributed by atoms with Gasteiger partial charge in [-0.2, -0.15) is 21.6 Å². The van der Waals surface area contributed by atoms with Crippen LogP contribution < -0.4 is 15.4 Å². The van der Waals surface area contributed by atoms with Crippen molar-refractivity contribution in [3.05, 3.63) is 125 Å². The van der Waals surface area contributed by atoms with Crippen LogP contribution >= 0.6 is 0 Å². The summed E-state index contributed by atoms with van der Waals surface area (Å²) in [4.78, 5) is 16.7. The molecule has 0 bridgehead atoms. The highest BCUT2D eigenvalue weighted by Crippen LogP contribution is 2.29. The first kappa shape index (κ1) is 34.5. The minimum atomic E-state index is -4.70. The van der Waals surface area contributed by atoms with E-state index in [-0.39, 0.29) is 29.8 Å². The van der Waals surface area contributed by atoms with Crippen molar-refractivity contribution in [1.82, 2.24) is 15.6 Å². The van der Waals surface area contributed by atoms with E-state index in [1.54, 1.807) is 0 Å². The summed E-state index contributed by atoms with van der Waals surface area (Å²) in [6, 6.07) is 16.2. The molecule has 14 heteroatoms. The quantitative estimate of drug-likeness (QED) is 0.146. The normalized spacial score (nSPS) is 13.2. The second-order valence-electron chi connectivity index (χ2n) is 10.5. The molecule has 2 atom stereocenters. The summed E-state index contributed by atoms with van der Waals surface area (Å²) in [7, 11) is -4.42. The number of nitrogens with one attached hydrogen (secondary N) is 3. The molecular weight excluding hydrogens is 631 g/mol. The fourth-order valence-corrected chi connectivity index (χ4v) is 5.60. The third-order valence-corrected chi connectivity index (χ3v) is 8.25. The van der Waals surface area contributed by atoms with Gasteiger partial charge in [0.05, 0.1) is 17.7 Å². The van der Waals surface area contributed by atoms with E-state index in [1.165, 1.54) is 24.3 Å². The second-order valence-corrected chi connectivity index (χ2v) is 12.1. The fraction of sp³-hybridized carbons (Fsp3) is 0.250. The number of amides is 1. The Balaban J connectivity index is 1.49. The molecule has 1 heterocycles. The third kappa shape index (κ3) is 9.55. The van der Waals surface area contributed by atoms with E-state index in [0.29, 0.717) is 30.9 Å². The summed E-state index contributed by atoms with van der Waals surface area (Å²) in [6.45, 7) is 2.45. The number of benzene rings is 3. The summed E-state index contributed by atoms with van der Waals surface area (Å²) >= 11 is 0. The molecule has 0 spiro atoms. The first-order valence-corrected chi connectivity index (χ1v) is 15.6. The van der Waals surface area contributed by atoms with E-state index < -0.39 is 56.5 Å². The van der Waals surface area contributed by atoms with Gasteiger partial charge in [-0.1, -0.05) is 37.3 Å². The van der Waals surface area contributed by atoms with Crippen molar-refractivity contribution in [2.75, 3.05) is 11.3 Å². The number of hydrogen-bond donors (Lipinski definition) is 4. The lowest BCUT2D eigenvalue weighted by atomic mass is 10.00. The Morgan fingerprint density at radius 1 is 0.913 bits per heavy atom. The van der Waals surface area contributed by atoms with Gasteiger partial charge in [0.1, 0.15) is 11.6 Å². The average molecular weight is 663 g/mol. The van der Waals surface area contributed by atoms with Crippen LogP contribution in [0.1, 0.15) is 39.5 Å². The predicted molar refractivity (Wildman–Crippen MR) is 161 cm³/mol. The average Bonchev–Trinajstić information content (AvgIpc) is 3.00. The molecule has 0 aliphatic carbocycles. The molecular formula is C32H31F5N4O4S. The molecule has 0 radical (unpaired) electrons. The lowest BCUT2D eigenvalue weighted by molar-refractivity contribution is -0.137. The maximum Gasteiger partial charge on any atom is 0.417 e. The zero-order valence-electron chi connectivity index (χ0n) is 24.5. The van der Waals surface area contributed by atoms with Gasteiger partial charge in [0.15, 0.2) is 5.03 Å². The Labute approximate surface area is 262 Å². The number of aryl methyl sites for hydroxylation is 1. The number of halogens is 5. The highest BCUT2D eigenvalue weighted by atomic mass is 32.2. The molecule has 46 heavy (non-hydrogen) atoms. The number of pyridine rings is 1. The van der Waals surface area contributed by atoms with Crippen LogP contribution in [0, 0.1) is 11.6 Å². The minimum absolute atomic E-state index is 0.0130. The summed E-state index contributed by atoms with van der Waals surface area (Å²) in [5.41, 5.74) is 1.05. The first-order chi connectivity index (χ1) is 21.7. The Morgan fingerprint density at radius 2 is 1.61 bits per heavy atom. The number of hydrogen-bond acceptors (Lipinski definition) is 6. The number of alkyl halides is 3. The number of nitrogens with zero attached hydrogens (tertiary/aromatic N) is 1. The van der Waals surface area contributed by atoms with Gasteiger partial charge in [-0.3, -0.25) is 9.52 Å². The van der Waals surface area contributed by atoms with Crippen LogP contribution in [0.25, 0.3) is 0 Å². The molecule has 0 fully saturated rings. The smallest absolute Gasteiger partial charge is 0.390 e. The lowest BCUT2D eigenvalue weighted by Gasteiger charge is -2.25. The van der Waals surface area contributed by atoms with Crippen molar-refractivity contribution in [2.45, 2.75) is 49.7 Å². The molecule has 0 saturated heterocycles. The number of carbonyl (C=O) groups is 1. The zero-order chi connectivity index (χ0) is 33.5. The second kappa shape index (κ2) is 14.8. The third-order valence-electron chi connectivity index (χ3n) is 6.96. The molecule has 4 N–H and O–H groups in total. The topological polar surface area (TPSA) is 120 Å². The van der Waals surface area contributed by atoms with Gasteiger partial charge in [-0.25, -0.2) is 13.8 Å². The van der Waals surface area contributed by atoms with Crippen LogP contribution in [0.5, 0.6) is 0 Å². The molecule has 244 valence electrons. The standard InChI is InChI=1S/C32H31F5N4O4S/c1-2-20-5-3-6-21(11-20)17-38-19-29(42)28(14-22-12-25(33)16-26(34)13-22)40-31(43)23-7-4-8-27(15-23)41-46(44,45)30-10-9-24(18-39-30)32(35,36)37/h3-13,15-16,18,28-29,38,41-42H,2,14,17,19H2,1H3,(H,40,43)/t28-,29+/m0/s1. The van der Waals surface area contributed by atoms with E-state index in [2.05, 4.69) is 20.3 Å². The number of anilines is 1. The van der Waals surface area contributed by atoms with Gasteiger partial charge in [0.25, 0.3) is 15.9 Å². The molecule has 0 aliphatic rings. The highest BCUT2D eigenvalue weighted by Gasteiger charge is 2.31. The molecule has 8 nitrogen and oxygen atoms in total. The van der Waals surface area contributed by atoms with Gasteiger partial charge in [-0.15, -0.1) is 0 Å². The van der Waals surface area contributed by atoms with Crippen molar-refractivity contribution in [1.29, 1.82) is 0 Å². The number of aliphatic hydroxyl groups excluding tert-OH is 1. The van der Waals surface area contributed by atoms with Gasteiger partial charge >= 0.3 is 6.18 Å². The van der Waals surface area contributed by atoms with Crippen LogP contribution in [-0.4, -0.2) is 43.1 Å². The Kier molecular flexibility index (Phi) is 11.1. The van der Waals surface area contributed by atoms with Crippen LogP contribution in [0.15, 0.2) is 90.1 Å². The maximum atomic E-state index is 13.9. The number of aromatic nitrogens is 1. The highest BCUT2D eigenvalue weighted by molar-refractivity contribution is 7.92. The lowest BCUT2D eigenvalue weighted by Crippen LogP contribution is -2.48. The molecule has 3 aromatic carbocycles. The summed E-state index contributed by atoms with van der Waals surface area (Å²) in [5.74, 6) is -2.39. The fourth-order valence-electron chi connectivity index (χ4n) is 4.62. The molecule has 4 aromatic rings. The molecule has 0 saturated carbocycles. The minimum Gasteiger partial charge on any atom is -0.390 e. The molecule has 0 unspecified atom stereocenters. The van der Waals surface area contributed by atoms with Crippen molar-refractivity contribution in [2.24, 2.45) is 0 Å². The van der Waals surface area contributed by atoms with E-state index in [9.17, 15) is 40.3 Å². The van der Waals surface area contributed by atoms with E-state index in [1.807, 2.05) is 31.2 Å². The van der Waals surface area contributed by atoms with Crippen LogP contribution in [0.2, 0.25) is 0 Å². The summed E-state index contributed by atoms with van der Waals surface area (Å²) in [6.07, 6.45) is -4.80. The van der Waals surface area contributed by atoms with E-state index >= 15 is 0 Å². The molecule has 1 amide bonds. The molecule has 1 aromatic heterocycles. The van der Waals surface area contributed by atoms with Gasteiger partial charge < -0.3 is 15.7 Å². The first-order valence-electron chi connectivity index (χ1n) is 14.1. The van der Waals surface area contributed by atoms with Gasteiger partial charge in [0, 0.05) is 36.6 Å². The van der Waals surface area contributed by atoms with Crippen molar-refractivity contribution >= 4 is 21.6 Å².